The lowest BCUT2D eigenvalue weighted by atomic mass is 10.1. The minimum absolute atomic E-state index is 0.345. The predicted octanol–water partition coefficient (Wildman–Crippen LogP) is 1.09. The number of hydrogen-bond acceptors (Lipinski definition) is 4. The van der Waals surface area contributed by atoms with Crippen LogP contribution < -0.4 is 5.32 Å². The summed E-state index contributed by atoms with van der Waals surface area (Å²) in [6.45, 7) is 1.90. The topological polar surface area (TPSA) is 67.2 Å². The number of piperidine rings is 1. The molecule has 1 aliphatic rings. The zero-order chi connectivity index (χ0) is 15.7. The lowest BCUT2D eigenvalue weighted by Crippen LogP contribution is -2.44. The highest BCUT2D eigenvalue weighted by Crippen LogP contribution is 2.16. The maximum absolute atomic E-state index is 11.5. The molecule has 1 aromatic heterocycles. The third kappa shape index (κ3) is 3.16. The molecule has 3 rings (SSSR count). The average molecular weight is 322 g/mol. The lowest BCUT2D eigenvalue weighted by Gasteiger charge is -2.30. The Morgan fingerprint density at radius 1 is 1.27 bits per heavy atom. The summed E-state index contributed by atoms with van der Waals surface area (Å²) in [4.78, 5) is 4.65. The summed E-state index contributed by atoms with van der Waals surface area (Å²) >= 11 is 0. The van der Waals surface area contributed by atoms with E-state index in [1.807, 2.05) is 25.2 Å². The SMILES string of the molecule is Cn1c(CNC2CCN(S(C)(=O)=O)CC2)nc2ccccc21. The first-order chi connectivity index (χ1) is 10.4. The van der Waals surface area contributed by atoms with Crippen molar-refractivity contribution < 1.29 is 8.42 Å². The number of aryl methyl sites for hydroxylation is 1. The van der Waals surface area contributed by atoms with Gasteiger partial charge in [0.05, 0.1) is 23.8 Å². The summed E-state index contributed by atoms with van der Waals surface area (Å²) in [7, 11) is -1.02. The van der Waals surface area contributed by atoms with Crippen LogP contribution in [0.15, 0.2) is 24.3 Å². The summed E-state index contributed by atoms with van der Waals surface area (Å²) < 4.78 is 26.7. The highest BCUT2D eigenvalue weighted by Gasteiger charge is 2.24. The maximum atomic E-state index is 11.5. The quantitative estimate of drug-likeness (QED) is 0.915. The smallest absolute Gasteiger partial charge is 0.211 e. The van der Waals surface area contributed by atoms with E-state index >= 15 is 0 Å². The monoisotopic (exact) mass is 322 g/mol. The second-order valence-corrected chi connectivity index (χ2v) is 7.88. The van der Waals surface area contributed by atoms with Gasteiger partial charge in [0.1, 0.15) is 5.82 Å². The molecule has 0 spiro atoms. The van der Waals surface area contributed by atoms with Crippen molar-refractivity contribution in [2.45, 2.75) is 25.4 Å². The molecule has 0 bridgehead atoms. The third-order valence-corrected chi connectivity index (χ3v) is 5.65. The van der Waals surface area contributed by atoms with Crippen molar-refractivity contribution >= 4 is 21.1 Å². The second-order valence-electron chi connectivity index (χ2n) is 5.89. The zero-order valence-corrected chi connectivity index (χ0v) is 13.8. The van der Waals surface area contributed by atoms with Crippen LogP contribution in [-0.2, 0) is 23.6 Å². The van der Waals surface area contributed by atoms with Crippen LogP contribution in [-0.4, -0.2) is 47.7 Å². The standard InChI is InChI=1S/C15H22N4O2S/c1-18-14-6-4-3-5-13(14)17-15(18)11-16-12-7-9-19(10-8-12)22(2,20)21/h3-6,12,16H,7-11H2,1-2H3. The van der Waals surface area contributed by atoms with Gasteiger partial charge < -0.3 is 9.88 Å². The van der Waals surface area contributed by atoms with Crippen LogP contribution in [0.25, 0.3) is 11.0 Å². The van der Waals surface area contributed by atoms with Gasteiger partial charge in [0, 0.05) is 26.2 Å². The zero-order valence-electron chi connectivity index (χ0n) is 13.0. The van der Waals surface area contributed by atoms with Crippen molar-refractivity contribution in [3.8, 4) is 0 Å². The van der Waals surface area contributed by atoms with Gasteiger partial charge in [0.2, 0.25) is 10.0 Å². The van der Waals surface area contributed by atoms with Crippen molar-refractivity contribution in [2.24, 2.45) is 7.05 Å². The largest absolute Gasteiger partial charge is 0.330 e. The number of rotatable bonds is 4. The van der Waals surface area contributed by atoms with Crippen molar-refractivity contribution in [3.63, 3.8) is 0 Å². The van der Waals surface area contributed by atoms with Gasteiger partial charge in [-0.05, 0) is 25.0 Å². The van der Waals surface area contributed by atoms with E-state index in [4.69, 9.17) is 0 Å². The van der Waals surface area contributed by atoms with E-state index in [-0.39, 0.29) is 0 Å². The molecule has 0 radical (unpaired) electrons. The van der Waals surface area contributed by atoms with Gasteiger partial charge in [0.25, 0.3) is 0 Å². The second kappa shape index (κ2) is 5.98. The van der Waals surface area contributed by atoms with E-state index in [2.05, 4.69) is 20.9 Å². The fourth-order valence-corrected chi connectivity index (χ4v) is 3.85. The number of aromatic nitrogens is 2. The Labute approximate surface area is 131 Å². The van der Waals surface area contributed by atoms with Crippen LogP contribution in [0.5, 0.6) is 0 Å². The molecule has 0 unspecified atom stereocenters. The molecule has 1 aromatic carbocycles. The molecular formula is C15H22N4O2S. The van der Waals surface area contributed by atoms with Crippen molar-refractivity contribution in [1.82, 2.24) is 19.2 Å². The average Bonchev–Trinajstić information content (AvgIpc) is 2.82. The first-order valence-corrected chi connectivity index (χ1v) is 9.39. The molecule has 1 aliphatic heterocycles. The lowest BCUT2D eigenvalue weighted by molar-refractivity contribution is 0.288. The molecule has 120 valence electrons. The number of fused-ring (bicyclic) bond motifs is 1. The molecule has 2 aromatic rings. The first-order valence-electron chi connectivity index (χ1n) is 7.54. The number of hydrogen-bond donors (Lipinski definition) is 1. The minimum atomic E-state index is -3.05. The summed E-state index contributed by atoms with van der Waals surface area (Å²) in [5, 5.41) is 3.51. The van der Waals surface area contributed by atoms with Gasteiger partial charge in [-0.15, -0.1) is 0 Å². The molecule has 2 heterocycles. The van der Waals surface area contributed by atoms with Crippen LogP contribution in [0, 0.1) is 0 Å². The number of nitrogens with zero attached hydrogens (tertiary/aromatic N) is 3. The van der Waals surface area contributed by atoms with Crippen LogP contribution in [0.4, 0.5) is 0 Å². The van der Waals surface area contributed by atoms with Gasteiger partial charge in [-0.2, -0.15) is 0 Å². The van der Waals surface area contributed by atoms with E-state index in [1.54, 1.807) is 4.31 Å². The van der Waals surface area contributed by atoms with Gasteiger partial charge >= 0.3 is 0 Å². The fourth-order valence-electron chi connectivity index (χ4n) is 2.98. The Morgan fingerprint density at radius 2 is 1.95 bits per heavy atom. The summed E-state index contributed by atoms with van der Waals surface area (Å²) in [5.74, 6) is 1.01. The summed E-state index contributed by atoms with van der Waals surface area (Å²) in [5.41, 5.74) is 2.14. The van der Waals surface area contributed by atoms with E-state index < -0.39 is 10.0 Å². The molecule has 22 heavy (non-hydrogen) atoms. The van der Waals surface area contributed by atoms with Gasteiger partial charge in [0.15, 0.2) is 0 Å². The number of imidazole rings is 1. The Kier molecular flexibility index (Phi) is 4.20. The molecule has 0 saturated carbocycles. The van der Waals surface area contributed by atoms with Gasteiger partial charge in [-0.3, -0.25) is 0 Å². The van der Waals surface area contributed by atoms with E-state index in [0.717, 1.165) is 29.7 Å². The molecular weight excluding hydrogens is 300 g/mol. The van der Waals surface area contributed by atoms with Gasteiger partial charge in [-0.1, -0.05) is 12.1 Å². The van der Waals surface area contributed by atoms with E-state index in [0.29, 0.717) is 25.7 Å². The van der Waals surface area contributed by atoms with Crippen LogP contribution in [0.3, 0.4) is 0 Å². The normalized spacial score (nSPS) is 18.1. The molecule has 0 amide bonds. The number of nitrogens with one attached hydrogen (secondary N) is 1. The third-order valence-electron chi connectivity index (χ3n) is 4.35. The highest BCUT2D eigenvalue weighted by molar-refractivity contribution is 7.88. The van der Waals surface area contributed by atoms with E-state index in [9.17, 15) is 8.42 Å². The predicted molar refractivity (Wildman–Crippen MR) is 87.0 cm³/mol. The summed E-state index contributed by atoms with van der Waals surface area (Å²) in [6.07, 6.45) is 2.97. The number of benzene rings is 1. The molecule has 1 saturated heterocycles. The molecule has 0 aliphatic carbocycles. The minimum Gasteiger partial charge on any atom is -0.330 e. The van der Waals surface area contributed by atoms with Crippen LogP contribution >= 0.6 is 0 Å². The maximum Gasteiger partial charge on any atom is 0.211 e. The van der Waals surface area contributed by atoms with E-state index in [1.165, 1.54) is 6.26 Å². The molecule has 1 N–H and O–H groups in total. The number of para-hydroxylation sites is 2. The van der Waals surface area contributed by atoms with Crippen LogP contribution in [0.1, 0.15) is 18.7 Å². The van der Waals surface area contributed by atoms with Gasteiger partial charge in [-0.25, -0.2) is 17.7 Å². The molecule has 7 heteroatoms. The molecule has 1 fully saturated rings. The Morgan fingerprint density at radius 3 is 2.59 bits per heavy atom. The summed E-state index contributed by atoms with van der Waals surface area (Å²) in [6, 6.07) is 8.44. The molecule has 6 nitrogen and oxygen atoms in total. The number of sulfonamides is 1. The Hall–Kier alpha value is -1.44. The van der Waals surface area contributed by atoms with Crippen molar-refractivity contribution in [3.05, 3.63) is 30.1 Å². The highest BCUT2D eigenvalue weighted by atomic mass is 32.2. The van der Waals surface area contributed by atoms with Crippen LogP contribution in [0.2, 0.25) is 0 Å². The van der Waals surface area contributed by atoms with Crippen molar-refractivity contribution in [1.29, 1.82) is 0 Å². The first kappa shape index (κ1) is 15.5. The Balaban J connectivity index is 1.60. The Bertz CT molecular complexity index is 761. The fraction of sp³-hybridized carbons (Fsp3) is 0.533. The van der Waals surface area contributed by atoms with Crippen molar-refractivity contribution in [2.75, 3.05) is 19.3 Å². The molecule has 0 atom stereocenters.